The van der Waals surface area contributed by atoms with Crippen LogP contribution in [0.1, 0.15) is 26.3 Å². The minimum absolute atomic E-state index is 0.00150. The molecule has 6 nitrogen and oxygen atoms in total. The molecule has 1 heterocycles. The summed E-state index contributed by atoms with van der Waals surface area (Å²) in [5.41, 5.74) is 1.91. The van der Waals surface area contributed by atoms with E-state index in [-0.39, 0.29) is 11.1 Å². The first-order valence-corrected chi connectivity index (χ1v) is 8.16. The van der Waals surface area contributed by atoms with Crippen LogP contribution in [0.5, 0.6) is 0 Å². The van der Waals surface area contributed by atoms with E-state index in [4.69, 9.17) is 0 Å². The molecule has 25 heavy (non-hydrogen) atoms. The van der Waals surface area contributed by atoms with Gasteiger partial charge in [0.15, 0.2) is 0 Å². The monoisotopic (exact) mass is 340 g/mol. The van der Waals surface area contributed by atoms with Gasteiger partial charge < -0.3 is 15.1 Å². The molecule has 0 bridgehead atoms. The van der Waals surface area contributed by atoms with Gasteiger partial charge in [0, 0.05) is 38.4 Å². The third kappa shape index (κ3) is 4.16. The normalized spacial score (nSPS) is 15.1. The van der Waals surface area contributed by atoms with Crippen molar-refractivity contribution >= 4 is 17.6 Å². The molecule has 0 amide bonds. The summed E-state index contributed by atoms with van der Waals surface area (Å²) in [5.74, 6) is -2.24. The highest BCUT2D eigenvalue weighted by Gasteiger charge is 2.20. The summed E-state index contributed by atoms with van der Waals surface area (Å²) in [6, 6.07) is 14.5. The Bertz CT molecular complexity index is 736. The largest absolute Gasteiger partial charge is 0.478 e. The van der Waals surface area contributed by atoms with Crippen LogP contribution in [0, 0.1) is 0 Å². The lowest BCUT2D eigenvalue weighted by Gasteiger charge is -2.36. The van der Waals surface area contributed by atoms with E-state index in [0.29, 0.717) is 5.69 Å². The maximum absolute atomic E-state index is 11.2. The number of aromatic carboxylic acids is 2. The number of piperazine rings is 1. The van der Waals surface area contributed by atoms with Crippen molar-refractivity contribution in [2.24, 2.45) is 0 Å². The molecule has 0 radical (unpaired) electrons. The van der Waals surface area contributed by atoms with Gasteiger partial charge in [0.25, 0.3) is 0 Å². The first kappa shape index (κ1) is 17.0. The van der Waals surface area contributed by atoms with Crippen molar-refractivity contribution in [1.29, 1.82) is 0 Å². The van der Waals surface area contributed by atoms with E-state index in [1.807, 2.05) is 23.1 Å². The van der Waals surface area contributed by atoms with Crippen molar-refractivity contribution in [2.45, 2.75) is 6.54 Å². The van der Waals surface area contributed by atoms with E-state index in [1.165, 1.54) is 11.6 Å². The van der Waals surface area contributed by atoms with Crippen LogP contribution >= 0.6 is 0 Å². The summed E-state index contributed by atoms with van der Waals surface area (Å²) < 4.78 is 0. The van der Waals surface area contributed by atoms with Crippen molar-refractivity contribution in [3.8, 4) is 0 Å². The molecule has 0 saturated carbocycles. The molecule has 6 heteroatoms. The molecule has 0 aromatic heterocycles. The minimum atomic E-state index is -1.12. The molecular weight excluding hydrogens is 320 g/mol. The van der Waals surface area contributed by atoms with E-state index in [0.717, 1.165) is 32.7 Å². The number of rotatable bonds is 5. The third-order valence-electron chi connectivity index (χ3n) is 4.40. The lowest BCUT2D eigenvalue weighted by Crippen LogP contribution is -2.46. The smallest absolute Gasteiger partial charge is 0.335 e. The fourth-order valence-electron chi connectivity index (χ4n) is 3.05. The Labute approximate surface area is 145 Å². The van der Waals surface area contributed by atoms with Gasteiger partial charge in [-0.2, -0.15) is 0 Å². The SMILES string of the molecule is O=C(O)c1cc(C(=O)O)cc(N2CCN(Cc3ccccc3)CC2)c1. The zero-order chi connectivity index (χ0) is 17.8. The number of carboxylic acid groups (broad SMARTS) is 2. The van der Waals surface area contributed by atoms with Crippen LogP contribution in [0.15, 0.2) is 48.5 Å². The summed E-state index contributed by atoms with van der Waals surface area (Å²) in [6.07, 6.45) is 0. The Morgan fingerprint density at radius 2 is 1.40 bits per heavy atom. The summed E-state index contributed by atoms with van der Waals surface area (Å²) in [6.45, 7) is 4.03. The lowest BCUT2D eigenvalue weighted by atomic mass is 10.1. The second kappa shape index (κ2) is 7.36. The molecule has 0 unspecified atom stereocenters. The number of hydrogen-bond acceptors (Lipinski definition) is 4. The maximum atomic E-state index is 11.2. The van der Waals surface area contributed by atoms with Gasteiger partial charge in [0.05, 0.1) is 11.1 Å². The van der Waals surface area contributed by atoms with Crippen molar-refractivity contribution < 1.29 is 19.8 Å². The Kier molecular flexibility index (Phi) is 5.00. The quantitative estimate of drug-likeness (QED) is 0.870. The van der Waals surface area contributed by atoms with E-state index >= 15 is 0 Å². The highest BCUT2D eigenvalue weighted by molar-refractivity contribution is 5.95. The Morgan fingerprint density at radius 3 is 1.92 bits per heavy atom. The summed E-state index contributed by atoms with van der Waals surface area (Å²) >= 11 is 0. The average molecular weight is 340 g/mol. The van der Waals surface area contributed by atoms with E-state index in [2.05, 4.69) is 17.0 Å². The molecule has 1 fully saturated rings. The molecule has 130 valence electrons. The van der Waals surface area contributed by atoms with Gasteiger partial charge in [0.1, 0.15) is 0 Å². The van der Waals surface area contributed by atoms with Crippen LogP contribution < -0.4 is 4.90 Å². The molecule has 0 spiro atoms. The first-order valence-electron chi connectivity index (χ1n) is 8.16. The molecule has 0 aliphatic carbocycles. The molecule has 1 aliphatic rings. The third-order valence-corrected chi connectivity index (χ3v) is 4.40. The standard InChI is InChI=1S/C19H20N2O4/c22-18(23)15-10-16(19(24)25)12-17(11-15)21-8-6-20(7-9-21)13-14-4-2-1-3-5-14/h1-5,10-12H,6-9,13H2,(H,22,23)(H,24,25). The van der Waals surface area contributed by atoms with Crippen LogP contribution in [-0.4, -0.2) is 53.2 Å². The van der Waals surface area contributed by atoms with Crippen LogP contribution in [-0.2, 0) is 6.54 Å². The Morgan fingerprint density at radius 1 is 0.840 bits per heavy atom. The molecule has 2 aromatic rings. The van der Waals surface area contributed by atoms with Gasteiger partial charge >= 0.3 is 11.9 Å². The van der Waals surface area contributed by atoms with E-state index in [1.54, 1.807) is 12.1 Å². The van der Waals surface area contributed by atoms with Crippen LogP contribution in [0.25, 0.3) is 0 Å². The van der Waals surface area contributed by atoms with Gasteiger partial charge in [-0.05, 0) is 23.8 Å². The van der Waals surface area contributed by atoms with Gasteiger partial charge in [-0.25, -0.2) is 9.59 Å². The fraction of sp³-hybridized carbons (Fsp3) is 0.263. The molecule has 2 N–H and O–H groups in total. The Hall–Kier alpha value is -2.86. The van der Waals surface area contributed by atoms with E-state index < -0.39 is 11.9 Å². The van der Waals surface area contributed by atoms with Gasteiger partial charge in [-0.3, -0.25) is 4.90 Å². The zero-order valence-electron chi connectivity index (χ0n) is 13.8. The second-order valence-electron chi connectivity index (χ2n) is 6.13. The predicted octanol–water partition coefficient (Wildman–Crippen LogP) is 2.41. The molecule has 1 aliphatic heterocycles. The fourth-order valence-corrected chi connectivity index (χ4v) is 3.05. The molecule has 1 saturated heterocycles. The van der Waals surface area contributed by atoms with Crippen molar-refractivity contribution in [3.05, 3.63) is 65.2 Å². The van der Waals surface area contributed by atoms with Gasteiger partial charge in [-0.15, -0.1) is 0 Å². The minimum Gasteiger partial charge on any atom is -0.478 e. The molecule has 0 atom stereocenters. The molecule has 3 rings (SSSR count). The van der Waals surface area contributed by atoms with E-state index in [9.17, 15) is 19.8 Å². The van der Waals surface area contributed by atoms with Crippen molar-refractivity contribution in [3.63, 3.8) is 0 Å². The zero-order valence-corrected chi connectivity index (χ0v) is 13.8. The number of benzene rings is 2. The highest BCUT2D eigenvalue weighted by atomic mass is 16.4. The number of nitrogens with zero attached hydrogens (tertiary/aromatic N) is 2. The van der Waals surface area contributed by atoms with Gasteiger partial charge in [0.2, 0.25) is 0 Å². The summed E-state index contributed by atoms with van der Waals surface area (Å²) in [7, 11) is 0. The Balaban J connectivity index is 1.70. The number of carbonyl (C=O) groups is 2. The second-order valence-corrected chi connectivity index (χ2v) is 6.13. The number of anilines is 1. The summed E-state index contributed by atoms with van der Waals surface area (Å²) in [4.78, 5) is 26.9. The molecular formula is C19H20N2O4. The number of hydrogen-bond donors (Lipinski definition) is 2. The van der Waals surface area contributed by atoms with Gasteiger partial charge in [-0.1, -0.05) is 30.3 Å². The molecule has 2 aromatic carbocycles. The summed E-state index contributed by atoms with van der Waals surface area (Å²) in [5, 5.41) is 18.4. The first-order chi connectivity index (χ1) is 12.0. The lowest BCUT2D eigenvalue weighted by molar-refractivity contribution is 0.0696. The highest BCUT2D eigenvalue weighted by Crippen LogP contribution is 2.22. The maximum Gasteiger partial charge on any atom is 0.335 e. The van der Waals surface area contributed by atoms with Crippen molar-refractivity contribution in [1.82, 2.24) is 4.90 Å². The van der Waals surface area contributed by atoms with Crippen molar-refractivity contribution in [2.75, 3.05) is 31.1 Å². The topological polar surface area (TPSA) is 81.1 Å². The number of carboxylic acids is 2. The van der Waals surface area contributed by atoms with Crippen LogP contribution in [0.2, 0.25) is 0 Å². The van der Waals surface area contributed by atoms with Crippen LogP contribution in [0.4, 0.5) is 5.69 Å². The van der Waals surface area contributed by atoms with Crippen LogP contribution in [0.3, 0.4) is 0 Å². The predicted molar refractivity (Wildman–Crippen MR) is 94.3 cm³/mol. The average Bonchev–Trinajstić information content (AvgIpc) is 2.62.